The van der Waals surface area contributed by atoms with Crippen LogP contribution >= 0.6 is 0 Å². The number of carboxylic acids is 1. The molecule has 0 radical (unpaired) electrons. The quantitative estimate of drug-likeness (QED) is 0.867. The minimum atomic E-state index is -1.03. The normalized spacial score (nSPS) is 18.6. The molecule has 2 fully saturated rings. The lowest BCUT2D eigenvalue weighted by Crippen LogP contribution is -2.46. The number of carboxylic acid groups (broad SMARTS) is 1. The first kappa shape index (κ1) is 18.4. The van der Waals surface area contributed by atoms with E-state index in [9.17, 15) is 19.5 Å². The highest BCUT2D eigenvalue weighted by molar-refractivity contribution is 5.98. The molecule has 0 aromatic heterocycles. The number of carbonyl (C=O) groups is 3. The molecule has 2 amide bonds. The van der Waals surface area contributed by atoms with Crippen molar-refractivity contribution in [2.24, 2.45) is 0 Å². The number of ether oxygens (including phenoxy) is 1. The van der Waals surface area contributed by atoms with E-state index in [2.05, 4.69) is 0 Å². The maximum Gasteiger partial charge on any atom is 0.323 e. The van der Waals surface area contributed by atoms with Gasteiger partial charge in [0.15, 0.2) is 0 Å². The smallest absolute Gasteiger partial charge is 0.323 e. The summed E-state index contributed by atoms with van der Waals surface area (Å²) in [5.74, 6) is -1.22. The SMILES string of the molecule is O=C(O)CN(C(=O)c1ccc(N2CCCCC2=O)cc1)C1CCOCC1. The summed E-state index contributed by atoms with van der Waals surface area (Å²) < 4.78 is 5.31. The Bertz CT molecular complexity index is 667. The van der Waals surface area contributed by atoms with E-state index in [4.69, 9.17) is 4.74 Å². The number of amides is 2. The number of nitrogens with zero attached hydrogens (tertiary/aromatic N) is 2. The summed E-state index contributed by atoms with van der Waals surface area (Å²) in [5.41, 5.74) is 1.22. The second kappa shape index (κ2) is 8.31. The van der Waals surface area contributed by atoms with Crippen LogP contribution in [0.25, 0.3) is 0 Å². The lowest BCUT2D eigenvalue weighted by molar-refractivity contribution is -0.138. The van der Waals surface area contributed by atoms with Crippen molar-refractivity contribution in [3.63, 3.8) is 0 Å². The van der Waals surface area contributed by atoms with Crippen LogP contribution in [0.2, 0.25) is 0 Å². The monoisotopic (exact) mass is 360 g/mol. The minimum absolute atomic E-state index is 0.102. The van der Waals surface area contributed by atoms with E-state index in [0.29, 0.717) is 44.6 Å². The van der Waals surface area contributed by atoms with Gasteiger partial charge in [0.1, 0.15) is 6.54 Å². The first-order valence-electron chi connectivity index (χ1n) is 9.07. The number of piperidine rings is 1. The van der Waals surface area contributed by atoms with Crippen LogP contribution in [0.4, 0.5) is 5.69 Å². The Hall–Kier alpha value is -2.41. The first-order chi connectivity index (χ1) is 12.6. The van der Waals surface area contributed by atoms with Gasteiger partial charge in [0.05, 0.1) is 0 Å². The van der Waals surface area contributed by atoms with Gasteiger partial charge >= 0.3 is 5.97 Å². The zero-order valence-electron chi connectivity index (χ0n) is 14.7. The van der Waals surface area contributed by atoms with Crippen LogP contribution in [0, 0.1) is 0 Å². The van der Waals surface area contributed by atoms with Crippen LogP contribution in [-0.4, -0.2) is 60.1 Å². The van der Waals surface area contributed by atoms with Crippen LogP contribution in [0.3, 0.4) is 0 Å². The van der Waals surface area contributed by atoms with E-state index >= 15 is 0 Å². The average molecular weight is 360 g/mol. The Balaban J connectivity index is 1.75. The molecule has 0 saturated carbocycles. The van der Waals surface area contributed by atoms with Crippen LogP contribution in [0.5, 0.6) is 0 Å². The molecule has 26 heavy (non-hydrogen) atoms. The summed E-state index contributed by atoms with van der Waals surface area (Å²) in [5, 5.41) is 9.18. The van der Waals surface area contributed by atoms with Gasteiger partial charge in [-0.05, 0) is 49.9 Å². The Morgan fingerprint density at radius 2 is 1.85 bits per heavy atom. The van der Waals surface area contributed by atoms with Crippen molar-refractivity contribution < 1.29 is 24.2 Å². The predicted octanol–water partition coefficient (Wildman–Crippen LogP) is 1.91. The highest BCUT2D eigenvalue weighted by Gasteiger charge is 2.28. The molecule has 0 spiro atoms. The standard InChI is InChI=1S/C19H24N2O5/c22-17-3-1-2-10-20(17)15-6-4-14(5-7-15)19(25)21(13-18(23)24)16-8-11-26-12-9-16/h4-7,16H,1-3,8-13H2,(H,23,24). The predicted molar refractivity (Wildman–Crippen MR) is 95.2 cm³/mol. The van der Waals surface area contributed by atoms with Gasteiger partial charge in [-0.1, -0.05) is 0 Å². The fourth-order valence-electron chi connectivity index (χ4n) is 3.54. The first-order valence-corrected chi connectivity index (χ1v) is 9.07. The molecule has 2 aliphatic heterocycles. The average Bonchev–Trinajstić information content (AvgIpc) is 2.67. The second-order valence-electron chi connectivity index (χ2n) is 6.72. The van der Waals surface area contributed by atoms with E-state index < -0.39 is 5.97 Å². The zero-order valence-corrected chi connectivity index (χ0v) is 14.7. The molecule has 7 heteroatoms. The number of hydrogen-bond acceptors (Lipinski definition) is 4. The number of aliphatic carboxylic acids is 1. The van der Waals surface area contributed by atoms with Gasteiger partial charge < -0.3 is 19.6 Å². The third kappa shape index (κ3) is 4.22. The van der Waals surface area contributed by atoms with E-state index in [1.807, 2.05) is 0 Å². The van der Waals surface area contributed by atoms with E-state index in [-0.39, 0.29) is 24.4 Å². The van der Waals surface area contributed by atoms with Crippen molar-refractivity contribution in [1.82, 2.24) is 4.90 Å². The highest BCUT2D eigenvalue weighted by Crippen LogP contribution is 2.23. The zero-order chi connectivity index (χ0) is 18.5. The Kier molecular flexibility index (Phi) is 5.88. The molecular weight excluding hydrogens is 336 g/mol. The highest BCUT2D eigenvalue weighted by atomic mass is 16.5. The molecule has 0 aliphatic carbocycles. The molecule has 7 nitrogen and oxygen atoms in total. The van der Waals surface area contributed by atoms with Crippen molar-refractivity contribution >= 4 is 23.5 Å². The van der Waals surface area contributed by atoms with Crippen LogP contribution < -0.4 is 4.90 Å². The van der Waals surface area contributed by atoms with Gasteiger partial charge in [-0.2, -0.15) is 0 Å². The molecule has 2 heterocycles. The summed E-state index contributed by atoms with van der Waals surface area (Å²) >= 11 is 0. The molecule has 2 aliphatic rings. The molecule has 1 N–H and O–H groups in total. The fraction of sp³-hybridized carbons (Fsp3) is 0.526. The maximum absolute atomic E-state index is 12.9. The molecule has 0 atom stereocenters. The number of rotatable bonds is 5. The fourth-order valence-corrected chi connectivity index (χ4v) is 3.54. The van der Waals surface area contributed by atoms with Crippen molar-refractivity contribution in [2.75, 3.05) is 31.2 Å². The second-order valence-corrected chi connectivity index (χ2v) is 6.72. The largest absolute Gasteiger partial charge is 0.480 e. The van der Waals surface area contributed by atoms with Crippen molar-refractivity contribution in [3.8, 4) is 0 Å². The lowest BCUT2D eigenvalue weighted by Gasteiger charge is -2.33. The van der Waals surface area contributed by atoms with Gasteiger partial charge in [-0.15, -0.1) is 0 Å². The Labute approximate surface area is 152 Å². The third-order valence-electron chi connectivity index (χ3n) is 4.95. The van der Waals surface area contributed by atoms with Gasteiger partial charge in [-0.25, -0.2) is 0 Å². The van der Waals surface area contributed by atoms with Gasteiger partial charge in [0.25, 0.3) is 5.91 Å². The molecule has 1 aromatic carbocycles. The topological polar surface area (TPSA) is 87.2 Å². The molecule has 3 rings (SSSR count). The maximum atomic E-state index is 12.9. The van der Waals surface area contributed by atoms with Crippen molar-refractivity contribution in [3.05, 3.63) is 29.8 Å². The summed E-state index contributed by atoms with van der Waals surface area (Å²) in [6, 6.07) is 6.75. The number of hydrogen-bond donors (Lipinski definition) is 1. The number of carbonyl (C=O) groups excluding carboxylic acids is 2. The minimum Gasteiger partial charge on any atom is -0.480 e. The van der Waals surface area contributed by atoms with Crippen LogP contribution in [0.1, 0.15) is 42.5 Å². The summed E-state index contributed by atoms with van der Waals surface area (Å²) in [6.07, 6.45) is 3.72. The molecule has 1 aromatic rings. The molecule has 140 valence electrons. The third-order valence-corrected chi connectivity index (χ3v) is 4.95. The molecule has 0 unspecified atom stereocenters. The summed E-state index contributed by atoms with van der Waals surface area (Å²) in [6.45, 7) is 1.43. The van der Waals surface area contributed by atoms with Crippen LogP contribution in [-0.2, 0) is 14.3 Å². The van der Waals surface area contributed by atoms with E-state index in [1.165, 1.54) is 4.90 Å². The Morgan fingerprint density at radius 1 is 1.15 bits per heavy atom. The summed E-state index contributed by atoms with van der Waals surface area (Å²) in [4.78, 5) is 39.3. The van der Waals surface area contributed by atoms with Gasteiger partial charge in [-0.3, -0.25) is 14.4 Å². The molecule has 2 saturated heterocycles. The summed E-state index contributed by atoms with van der Waals surface area (Å²) in [7, 11) is 0. The van der Waals surface area contributed by atoms with Crippen LogP contribution in [0.15, 0.2) is 24.3 Å². The van der Waals surface area contributed by atoms with Crippen molar-refractivity contribution in [2.45, 2.75) is 38.1 Å². The van der Waals surface area contributed by atoms with Gasteiger partial charge in [0.2, 0.25) is 5.91 Å². The molecular formula is C19H24N2O5. The van der Waals surface area contributed by atoms with E-state index in [1.54, 1.807) is 29.2 Å². The number of anilines is 1. The molecule has 0 bridgehead atoms. The Morgan fingerprint density at radius 3 is 2.46 bits per heavy atom. The lowest BCUT2D eigenvalue weighted by atomic mass is 10.0. The van der Waals surface area contributed by atoms with Crippen molar-refractivity contribution in [1.29, 1.82) is 0 Å². The number of benzene rings is 1. The van der Waals surface area contributed by atoms with Gasteiger partial charge in [0, 0.05) is 43.5 Å². The van der Waals surface area contributed by atoms with E-state index in [0.717, 1.165) is 18.5 Å².